The van der Waals surface area contributed by atoms with Gasteiger partial charge in [0.25, 0.3) is 0 Å². The summed E-state index contributed by atoms with van der Waals surface area (Å²) < 4.78 is 7.22. The van der Waals surface area contributed by atoms with E-state index in [1.165, 1.54) is 11.8 Å². The predicted molar refractivity (Wildman–Crippen MR) is 97.6 cm³/mol. The number of aromatic nitrogens is 4. The number of thioether (sulfide) groups is 1. The molecule has 1 aromatic heterocycles. The highest BCUT2D eigenvalue weighted by molar-refractivity contribution is 7.99. The van der Waals surface area contributed by atoms with Crippen LogP contribution >= 0.6 is 23.4 Å². The molecule has 6 nitrogen and oxygen atoms in total. The van der Waals surface area contributed by atoms with E-state index < -0.39 is 6.10 Å². The zero-order valence-electron chi connectivity index (χ0n) is 13.5. The van der Waals surface area contributed by atoms with Crippen LogP contribution in [-0.4, -0.2) is 43.8 Å². The van der Waals surface area contributed by atoms with Gasteiger partial charge in [-0.15, -0.1) is 5.10 Å². The van der Waals surface area contributed by atoms with Gasteiger partial charge in [-0.3, -0.25) is 0 Å². The van der Waals surface area contributed by atoms with Crippen LogP contribution in [-0.2, 0) is 0 Å². The average molecular weight is 377 g/mol. The Hall–Kier alpha value is -2.09. The molecule has 0 saturated heterocycles. The summed E-state index contributed by atoms with van der Waals surface area (Å²) in [6.45, 7) is 2.20. The number of aliphatic hydroxyl groups excluding tert-OH is 1. The summed E-state index contributed by atoms with van der Waals surface area (Å²) in [4.78, 5) is 0. The first-order chi connectivity index (χ1) is 12.1. The van der Waals surface area contributed by atoms with E-state index in [1.807, 2.05) is 43.3 Å². The Morgan fingerprint density at radius 3 is 2.80 bits per heavy atom. The van der Waals surface area contributed by atoms with Gasteiger partial charge < -0.3 is 9.84 Å². The summed E-state index contributed by atoms with van der Waals surface area (Å²) in [5, 5.41) is 23.0. The molecule has 0 radical (unpaired) electrons. The lowest BCUT2D eigenvalue weighted by Crippen LogP contribution is -2.20. The van der Waals surface area contributed by atoms with E-state index >= 15 is 0 Å². The number of halogens is 1. The third-order valence-corrected chi connectivity index (χ3v) is 4.67. The van der Waals surface area contributed by atoms with Crippen molar-refractivity contribution in [2.75, 3.05) is 12.4 Å². The average Bonchev–Trinajstić information content (AvgIpc) is 3.07. The molecule has 0 unspecified atom stereocenters. The fraction of sp³-hybridized carbons (Fsp3) is 0.235. The Balaban J connectivity index is 1.55. The number of aliphatic hydroxyl groups is 1. The number of tetrazole rings is 1. The van der Waals surface area contributed by atoms with Crippen molar-refractivity contribution in [1.29, 1.82) is 0 Å². The van der Waals surface area contributed by atoms with Crippen molar-refractivity contribution in [2.45, 2.75) is 18.2 Å². The van der Waals surface area contributed by atoms with Gasteiger partial charge in [-0.05, 0) is 59.3 Å². The Morgan fingerprint density at radius 1 is 1.24 bits per heavy atom. The SMILES string of the molecule is Cc1cccc(OC[C@H](O)CSc2nnnn2-c2ccc(Cl)cc2)c1. The van der Waals surface area contributed by atoms with Crippen molar-refractivity contribution >= 4 is 23.4 Å². The van der Waals surface area contributed by atoms with Crippen molar-refractivity contribution < 1.29 is 9.84 Å². The normalized spacial score (nSPS) is 12.1. The van der Waals surface area contributed by atoms with Crippen LogP contribution in [0.25, 0.3) is 5.69 Å². The van der Waals surface area contributed by atoms with Crippen LogP contribution in [0.3, 0.4) is 0 Å². The van der Waals surface area contributed by atoms with Crippen LogP contribution in [0.15, 0.2) is 53.7 Å². The topological polar surface area (TPSA) is 73.1 Å². The second-order valence-corrected chi connectivity index (χ2v) is 6.87. The number of ether oxygens (including phenoxy) is 1. The molecule has 0 fully saturated rings. The van der Waals surface area contributed by atoms with Gasteiger partial charge >= 0.3 is 0 Å². The molecular weight excluding hydrogens is 360 g/mol. The van der Waals surface area contributed by atoms with Crippen LogP contribution < -0.4 is 4.74 Å². The maximum Gasteiger partial charge on any atom is 0.214 e. The lowest BCUT2D eigenvalue weighted by Gasteiger charge is -2.12. The van der Waals surface area contributed by atoms with Gasteiger partial charge in [0.2, 0.25) is 5.16 Å². The molecule has 0 spiro atoms. The molecule has 0 amide bonds. The van der Waals surface area contributed by atoms with Crippen molar-refractivity contribution in [3.8, 4) is 11.4 Å². The van der Waals surface area contributed by atoms with E-state index in [0.29, 0.717) is 15.9 Å². The minimum Gasteiger partial charge on any atom is -0.491 e. The molecular formula is C17H17ClN4O2S. The molecule has 3 aromatic rings. The quantitative estimate of drug-likeness (QED) is 0.638. The molecule has 0 aliphatic carbocycles. The monoisotopic (exact) mass is 376 g/mol. The number of rotatable bonds is 7. The highest BCUT2D eigenvalue weighted by Gasteiger charge is 2.13. The Labute approximate surface area is 154 Å². The highest BCUT2D eigenvalue weighted by Crippen LogP contribution is 2.21. The van der Waals surface area contributed by atoms with Gasteiger partial charge in [0.15, 0.2) is 0 Å². The van der Waals surface area contributed by atoms with Crippen LogP contribution in [0.2, 0.25) is 5.02 Å². The summed E-state index contributed by atoms with van der Waals surface area (Å²) in [6.07, 6.45) is -0.638. The van der Waals surface area contributed by atoms with Crippen molar-refractivity contribution in [3.05, 3.63) is 59.1 Å². The molecule has 1 atom stereocenters. The van der Waals surface area contributed by atoms with Crippen molar-refractivity contribution in [3.63, 3.8) is 0 Å². The molecule has 1 heterocycles. The number of benzene rings is 2. The predicted octanol–water partition coefficient (Wildman–Crippen LogP) is 3.16. The molecule has 0 bridgehead atoms. The van der Waals surface area contributed by atoms with Gasteiger partial charge in [0.1, 0.15) is 12.4 Å². The first kappa shape index (κ1) is 17.7. The minimum absolute atomic E-state index is 0.207. The molecule has 0 saturated carbocycles. The van der Waals surface area contributed by atoms with E-state index in [9.17, 15) is 5.11 Å². The zero-order valence-corrected chi connectivity index (χ0v) is 15.1. The molecule has 1 N–H and O–H groups in total. The standard InChI is InChI=1S/C17H17ClN4O2S/c1-12-3-2-4-16(9-12)24-10-15(23)11-25-17-19-20-21-22(17)14-7-5-13(18)6-8-14/h2-9,15,23H,10-11H2,1H3/t15-/m0/s1. The lowest BCUT2D eigenvalue weighted by molar-refractivity contribution is 0.126. The summed E-state index contributed by atoms with van der Waals surface area (Å²) >= 11 is 7.26. The number of nitrogens with zero attached hydrogens (tertiary/aromatic N) is 4. The summed E-state index contributed by atoms with van der Waals surface area (Å²) in [7, 11) is 0. The Morgan fingerprint density at radius 2 is 2.04 bits per heavy atom. The molecule has 8 heteroatoms. The smallest absolute Gasteiger partial charge is 0.214 e. The first-order valence-corrected chi connectivity index (χ1v) is 9.03. The fourth-order valence-corrected chi connectivity index (χ4v) is 3.05. The van der Waals surface area contributed by atoms with Crippen LogP contribution in [0.5, 0.6) is 5.75 Å². The largest absolute Gasteiger partial charge is 0.491 e. The van der Waals surface area contributed by atoms with E-state index in [0.717, 1.165) is 17.0 Å². The highest BCUT2D eigenvalue weighted by atomic mass is 35.5. The maximum atomic E-state index is 10.1. The minimum atomic E-state index is -0.638. The van der Waals surface area contributed by atoms with Gasteiger partial charge in [-0.2, -0.15) is 4.68 Å². The zero-order chi connectivity index (χ0) is 17.6. The van der Waals surface area contributed by atoms with Gasteiger partial charge in [-0.25, -0.2) is 0 Å². The van der Waals surface area contributed by atoms with Crippen LogP contribution in [0.1, 0.15) is 5.56 Å². The second-order valence-electron chi connectivity index (χ2n) is 5.44. The molecule has 0 aliphatic heterocycles. The number of hydrogen-bond donors (Lipinski definition) is 1. The van der Waals surface area contributed by atoms with E-state index in [4.69, 9.17) is 16.3 Å². The van der Waals surface area contributed by atoms with Gasteiger partial charge in [0.05, 0.1) is 11.8 Å². The number of hydrogen-bond acceptors (Lipinski definition) is 6. The van der Waals surface area contributed by atoms with Gasteiger partial charge in [-0.1, -0.05) is 35.5 Å². The molecule has 2 aromatic carbocycles. The maximum absolute atomic E-state index is 10.1. The second kappa shape index (κ2) is 8.33. The Bertz CT molecular complexity index is 826. The van der Waals surface area contributed by atoms with Gasteiger partial charge in [0, 0.05) is 10.8 Å². The third kappa shape index (κ3) is 4.94. The molecule has 3 rings (SSSR count). The van der Waals surface area contributed by atoms with Crippen molar-refractivity contribution in [1.82, 2.24) is 20.2 Å². The van der Waals surface area contributed by atoms with E-state index in [1.54, 1.807) is 16.8 Å². The Kier molecular flexibility index (Phi) is 5.91. The molecule has 130 valence electrons. The summed E-state index contributed by atoms with van der Waals surface area (Å²) in [5.41, 5.74) is 1.92. The lowest BCUT2D eigenvalue weighted by atomic mass is 10.2. The number of aryl methyl sites for hydroxylation is 1. The molecule has 25 heavy (non-hydrogen) atoms. The fourth-order valence-electron chi connectivity index (χ4n) is 2.13. The first-order valence-electron chi connectivity index (χ1n) is 7.66. The van der Waals surface area contributed by atoms with Crippen LogP contribution in [0.4, 0.5) is 0 Å². The molecule has 0 aliphatic rings. The summed E-state index contributed by atoms with van der Waals surface area (Å²) in [6, 6.07) is 14.9. The van der Waals surface area contributed by atoms with Crippen LogP contribution in [0, 0.1) is 6.92 Å². The van der Waals surface area contributed by atoms with E-state index in [2.05, 4.69) is 15.5 Å². The van der Waals surface area contributed by atoms with Crippen molar-refractivity contribution in [2.24, 2.45) is 0 Å². The van der Waals surface area contributed by atoms with E-state index in [-0.39, 0.29) is 6.61 Å². The summed E-state index contributed by atoms with van der Waals surface area (Å²) in [5.74, 6) is 1.16. The third-order valence-electron chi connectivity index (χ3n) is 3.35.